The van der Waals surface area contributed by atoms with Gasteiger partial charge in [0, 0.05) is 11.3 Å². The fourth-order valence-electron chi connectivity index (χ4n) is 2.66. The summed E-state index contributed by atoms with van der Waals surface area (Å²) in [6.45, 7) is 10.9. The van der Waals surface area contributed by atoms with Gasteiger partial charge in [-0.25, -0.2) is 14.5 Å². The third kappa shape index (κ3) is 1.99. The monoisotopic (exact) mass is 286 g/mol. The quantitative estimate of drug-likeness (QED) is 0.744. The van der Waals surface area contributed by atoms with E-state index in [-0.39, 0.29) is 0 Å². The van der Waals surface area contributed by atoms with Gasteiger partial charge < -0.3 is 0 Å². The number of pyridine rings is 1. The van der Waals surface area contributed by atoms with Crippen LogP contribution in [0.2, 0.25) is 5.15 Å². The van der Waals surface area contributed by atoms with E-state index in [4.69, 9.17) is 18.2 Å². The fourth-order valence-corrected chi connectivity index (χ4v) is 2.98. The summed E-state index contributed by atoms with van der Waals surface area (Å²) in [4.78, 5) is 8.00. The molecule has 0 atom stereocenters. The Morgan fingerprint density at radius 2 is 2.05 bits per heavy atom. The second kappa shape index (κ2) is 4.92. The van der Waals surface area contributed by atoms with E-state index < -0.39 is 0 Å². The van der Waals surface area contributed by atoms with Gasteiger partial charge in [-0.05, 0) is 51.2 Å². The number of hydrogen-bond acceptors (Lipinski definition) is 2. The normalized spacial score (nSPS) is 13.9. The number of aryl methyl sites for hydroxylation is 3. The summed E-state index contributed by atoms with van der Waals surface area (Å²) < 4.78 is 1.73. The third-order valence-corrected chi connectivity index (χ3v) is 4.15. The minimum absolute atomic E-state index is 0.583. The zero-order valence-corrected chi connectivity index (χ0v) is 12.3. The Morgan fingerprint density at radius 1 is 1.30 bits per heavy atom. The third-order valence-electron chi connectivity index (χ3n) is 3.77. The molecule has 0 aromatic carbocycles. The smallest absolute Gasteiger partial charge is 0.208 e. The lowest BCUT2D eigenvalue weighted by atomic mass is 9.99. The van der Waals surface area contributed by atoms with Crippen LogP contribution < -0.4 is 0 Å². The Balaban J connectivity index is 2.17. The van der Waals surface area contributed by atoms with Gasteiger partial charge in [-0.1, -0.05) is 11.6 Å². The van der Waals surface area contributed by atoms with Gasteiger partial charge in [0.25, 0.3) is 0 Å². The Bertz CT molecular complexity index is 724. The summed E-state index contributed by atoms with van der Waals surface area (Å²) in [6, 6.07) is 1.85. The van der Waals surface area contributed by atoms with Gasteiger partial charge in [0.05, 0.1) is 12.3 Å². The average Bonchev–Trinajstić information content (AvgIpc) is 2.78. The summed E-state index contributed by atoms with van der Waals surface area (Å²) in [5.41, 5.74) is 4.47. The average molecular weight is 287 g/mol. The number of nitrogens with zero attached hydrogens (tertiary/aromatic N) is 4. The first kappa shape index (κ1) is 13.1. The van der Waals surface area contributed by atoms with Crippen LogP contribution in [0.4, 0.5) is 5.69 Å². The molecule has 0 spiro atoms. The highest BCUT2D eigenvalue weighted by molar-refractivity contribution is 6.30. The topological polar surface area (TPSA) is 35.1 Å². The van der Waals surface area contributed by atoms with E-state index in [9.17, 15) is 0 Å². The molecule has 2 aromatic heterocycles. The maximum atomic E-state index is 7.14. The largest absolute Gasteiger partial charge is 0.245 e. The lowest BCUT2D eigenvalue weighted by molar-refractivity contribution is 0.670. The maximum absolute atomic E-state index is 7.14. The molecule has 0 saturated heterocycles. The van der Waals surface area contributed by atoms with Crippen LogP contribution in [0.15, 0.2) is 6.07 Å². The van der Waals surface area contributed by atoms with Crippen LogP contribution in [-0.2, 0) is 12.8 Å². The van der Waals surface area contributed by atoms with Crippen molar-refractivity contribution in [2.45, 2.75) is 39.5 Å². The van der Waals surface area contributed by atoms with Gasteiger partial charge >= 0.3 is 0 Å². The van der Waals surface area contributed by atoms with Crippen LogP contribution in [0.5, 0.6) is 0 Å². The highest BCUT2D eigenvalue weighted by Gasteiger charge is 2.21. The first-order valence-electron chi connectivity index (χ1n) is 6.74. The second-order valence-corrected chi connectivity index (χ2v) is 5.54. The molecule has 4 nitrogen and oxygen atoms in total. The zero-order chi connectivity index (χ0) is 14.3. The van der Waals surface area contributed by atoms with Crippen LogP contribution >= 0.6 is 11.6 Å². The molecule has 0 saturated carbocycles. The number of hydrogen-bond donors (Lipinski definition) is 0. The minimum Gasteiger partial charge on any atom is -0.245 e. The van der Waals surface area contributed by atoms with Crippen LogP contribution in [-0.4, -0.2) is 14.8 Å². The van der Waals surface area contributed by atoms with Gasteiger partial charge in [0.15, 0.2) is 5.82 Å². The lowest BCUT2D eigenvalue weighted by Crippen LogP contribution is -2.04. The molecule has 2 aromatic rings. The van der Waals surface area contributed by atoms with E-state index in [2.05, 4.69) is 14.9 Å². The Kier molecular flexibility index (Phi) is 3.23. The van der Waals surface area contributed by atoms with Crippen molar-refractivity contribution in [3.63, 3.8) is 0 Å². The highest BCUT2D eigenvalue weighted by Crippen LogP contribution is 2.31. The summed E-state index contributed by atoms with van der Waals surface area (Å²) >= 11 is 6.47. The Labute approximate surface area is 123 Å². The van der Waals surface area contributed by atoms with Crippen LogP contribution in [0.3, 0.4) is 0 Å². The summed E-state index contributed by atoms with van der Waals surface area (Å²) in [5, 5.41) is 5.29. The van der Waals surface area contributed by atoms with E-state index in [0.29, 0.717) is 16.5 Å². The number of aromatic nitrogens is 3. The van der Waals surface area contributed by atoms with Crippen molar-refractivity contribution >= 4 is 17.3 Å². The standard InChI is InChI=1S/C15H15ClN4/c1-9-8-13(17-3)10(2)18-15(9)20-14(16)11-6-4-5-7-12(11)19-20/h8H,4-7H2,1-2H3. The molecule has 0 fully saturated rings. The van der Waals surface area contributed by atoms with E-state index in [0.717, 1.165) is 35.5 Å². The first-order valence-corrected chi connectivity index (χ1v) is 7.12. The van der Waals surface area contributed by atoms with Gasteiger partial charge in [0.2, 0.25) is 5.69 Å². The van der Waals surface area contributed by atoms with Gasteiger partial charge in [-0.3, -0.25) is 0 Å². The molecule has 0 radical (unpaired) electrons. The molecule has 102 valence electrons. The van der Waals surface area contributed by atoms with E-state index in [1.807, 2.05) is 19.9 Å². The molecule has 0 amide bonds. The SMILES string of the molecule is [C-]#[N+]c1cc(C)c(-n2nc3c(c2Cl)CCCC3)nc1C. The minimum atomic E-state index is 0.583. The molecule has 20 heavy (non-hydrogen) atoms. The molecule has 0 aliphatic heterocycles. The number of rotatable bonds is 1. The van der Waals surface area contributed by atoms with Crippen LogP contribution in [0.25, 0.3) is 10.7 Å². The predicted molar refractivity (Wildman–Crippen MR) is 78.7 cm³/mol. The van der Waals surface area contributed by atoms with Crippen molar-refractivity contribution in [1.29, 1.82) is 0 Å². The molecule has 2 heterocycles. The maximum Gasteiger partial charge on any atom is 0.208 e. The number of halogens is 1. The zero-order valence-electron chi connectivity index (χ0n) is 11.6. The molecular weight excluding hydrogens is 272 g/mol. The van der Waals surface area contributed by atoms with E-state index in [1.165, 1.54) is 12.8 Å². The van der Waals surface area contributed by atoms with Crippen molar-refractivity contribution < 1.29 is 0 Å². The molecule has 1 aliphatic rings. The highest BCUT2D eigenvalue weighted by atomic mass is 35.5. The van der Waals surface area contributed by atoms with E-state index in [1.54, 1.807) is 4.68 Å². The Hall–Kier alpha value is -1.86. The Morgan fingerprint density at radius 3 is 2.75 bits per heavy atom. The predicted octanol–water partition coefficient (Wildman–Crippen LogP) is 3.97. The van der Waals surface area contributed by atoms with Gasteiger partial charge in [0.1, 0.15) is 5.15 Å². The summed E-state index contributed by atoms with van der Waals surface area (Å²) in [7, 11) is 0. The molecule has 1 aliphatic carbocycles. The fraction of sp³-hybridized carbons (Fsp3) is 0.400. The van der Waals surface area contributed by atoms with Crippen molar-refractivity contribution in [2.75, 3.05) is 0 Å². The van der Waals surface area contributed by atoms with Crippen LogP contribution in [0.1, 0.15) is 35.4 Å². The molecule has 0 N–H and O–H groups in total. The summed E-state index contributed by atoms with van der Waals surface area (Å²) in [6.07, 6.45) is 4.31. The second-order valence-electron chi connectivity index (χ2n) is 5.18. The first-order chi connectivity index (χ1) is 9.61. The molecule has 0 unspecified atom stereocenters. The molecule has 5 heteroatoms. The van der Waals surface area contributed by atoms with Crippen molar-refractivity contribution in [2.24, 2.45) is 0 Å². The van der Waals surface area contributed by atoms with Gasteiger partial charge in [-0.15, -0.1) is 0 Å². The van der Waals surface area contributed by atoms with Gasteiger partial charge in [-0.2, -0.15) is 5.10 Å². The molecular formula is C15H15ClN4. The van der Waals surface area contributed by atoms with Crippen LogP contribution in [0, 0.1) is 20.4 Å². The van der Waals surface area contributed by atoms with Crippen molar-refractivity contribution in [3.05, 3.63) is 45.2 Å². The molecule has 0 bridgehead atoms. The summed E-state index contributed by atoms with van der Waals surface area (Å²) in [5.74, 6) is 0.731. The van der Waals surface area contributed by atoms with E-state index >= 15 is 0 Å². The van der Waals surface area contributed by atoms with Crippen molar-refractivity contribution in [3.8, 4) is 5.82 Å². The molecule has 3 rings (SSSR count). The lowest BCUT2D eigenvalue weighted by Gasteiger charge is -2.09. The van der Waals surface area contributed by atoms with Crippen molar-refractivity contribution in [1.82, 2.24) is 14.8 Å². The number of fused-ring (bicyclic) bond motifs is 1.